The Morgan fingerprint density at radius 2 is 2.36 bits per heavy atom. The molecule has 0 bridgehead atoms. The molecule has 1 aromatic rings. The maximum atomic E-state index is 11.2. The third kappa shape index (κ3) is 2.70. The highest BCUT2D eigenvalue weighted by molar-refractivity contribution is 4.92. The predicted octanol–water partition coefficient (Wildman–Crippen LogP) is 1.18. The SMILES string of the molecule is CC(C)(C#N)CCn1cccnc1=O. The zero-order valence-corrected chi connectivity index (χ0v) is 8.40. The number of hydrogen-bond acceptors (Lipinski definition) is 3. The van der Waals surface area contributed by atoms with Crippen LogP contribution in [0.4, 0.5) is 0 Å². The van der Waals surface area contributed by atoms with Gasteiger partial charge in [0.1, 0.15) is 0 Å². The molecule has 0 N–H and O–H groups in total. The zero-order valence-electron chi connectivity index (χ0n) is 8.40. The summed E-state index contributed by atoms with van der Waals surface area (Å²) in [6.07, 6.45) is 3.80. The summed E-state index contributed by atoms with van der Waals surface area (Å²) < 4.78 is 1.51. The lowest BCUT2D eigenvalue weighted by Crippen LogP contribution is -2.24. The maximum Gasteiger partial charge on any atom is 0.347 e. The van der Waals surface area contributed by atoms with E-state index in [1.807, 2.05) is 13.8 Å². The highest BCUT2D eigenvalue weighted by Gasteiger charge is 2.16. The monoisotopic (exact) mass is 191 g/mol. The van der Waals surface area contributed by atoms with E-state index < -0.39 is 5.41 Å². The standard InChI is InChI=1S/C10H13N3O/c1-10(2,8-11)4-7-13-6-3-5-12-9(13)14/h3,5-6H,4,7H2,1-2H3. The minimum absolute atomic E-state index is 0.263. The Bertz CT molecular complexity index is 400. The Morgan fingerprint density at radius 3 is 2.93 bits per heavy atom. The van der Waals surface area contributed by atoms with Crippen molar-refractivity contribution in [2.45, 2.75) is 26.8 Å². The van der Waals surface area contributed by atoms with Gasteiger partial charge in [0.05, 0.1) is 11.5 Å². The van der Waals surface area contributed by atoms with E-state index in [0.29, 0.717) is 13.0 Å². The van der Waals surface area contributed by atoms with Gasteiger partial charge in [-0.1, -0.05) is 0 Å². The normalized spacial score (nSPS) is 10.9. The van der Waals surface area contributed by atoms with Crippen LogP contribution < -0.4 is 5.69 Å². The maximum absolute atomic E-state index is 11.2. The molecule has 0 aromatic carbocycles. The highest BCUT2D eigenvalue weighted by Crippen LogP contribution is 2.18. The molecular weight excluding hydrogens is 178 g/mol. The summed E-state index contributed by atoms with van der Waals surface area (Å²) >= 11 is 0. The summed E-state index contributed by atoms with van der Waals surface area (Å²) in [6.45, 7) is 4.25. The van der Waals surface area contributed by atoms with Crippen LogP contribution in [0.25, 0.3) is 0 Å². The van der Waals surface area contributed by atoms with Gasteiger partial charge in [-0.05, 0) is 26.3 Å². The fraction of sp³-hybridized carbons (Fsp3) is 0.500. The Hall–Kier alpha value is -1.63. The van der Waals surface area contributed by atoms with Crippen LogP contribution in [0.3, 0.4) is 0 Å². The van der Waals surface area contributed by atoms with Crippen molar-refractivity contribution in [2.24, 2.45) is 5.41 Å². The van der Waals surface area contributed by atoms with Gasteiger partial charge < -0.3 is 0 Å². The van der Waals surface area contributed by atoms with E-state index in [2.05, 4.69) is 11.1 Å². The molecule has 0 aliphatic carbocycles. The van der Waals surface area contributed by atoms with E-state index in [0.717, 1.165) is 0 Å². The van der Waals surface area contributed by atoms with Crippen LogP contribution in [0.5, 0.6) is 0 Å². The summed E-state index contributed by atoms with van der Waals surface area (Å²) in [7, 11) is 0. The van der Waals surface area contributed by atoms with Crippen LogP contribution in [-0.4, -0.2) is 9.55 Å². The first-order valence-electron chi connectivity index (χ1n) is 4.48. The van der Waals surface area contributed by atoms with Crippen molar-refractivity contribution in [3.05, 3.63) is 28.9 Å². The molecule has 0 atom stereocenters. The molecule has 0 unspecified atom stereocenters. The van der Waals surface area contributed by atoms with Gasteiger partial charge in [0.15, 0.2) is 0 Å². The van der Waals surface area contributed by atoms with E-state index >= 15 is 0 Å². The Kier molecular flexibility index (Phi) is 3.03. The van der Waals surface area contributed by atoms with Crippen LogP contribution in [0.15, 0.2) is 23.3 Å². The summed E-state index contributed by atoms with van der Waals surface area (Å²) in [5.41, 5.74) is -0.656. The second kappa shape index (κ2) is 4.05. The van der Waals surface area contributed by atoms with Crippen LogP contribution in [-0.2, 0) is 6.54 Å². The number of nitriles is 1. The average molecular weight is 191 g/mol. The summed E-state index contributed by atoms with van der Waals surface area (Å²) in [5, 5.41) is 8.79. The Morgan fingerprint density at radius 1 is 1.64 bits per heavy atom. The van der Waals surface area contributed by atoms with Gasteiger partial charge in [-0.15, -0.1) is 0 Å². The largest absolute Gasteiger partial charge is 0.347 e. The molecule has 1 aromatic heterocycles. The second-order valence-electron chi connectivity index (χ2n) is 3.84. The first-order valence-corrected chi connectivity index (χ1v) is 4.48. The molecule has 0 fully saturated rings. The minimum atomic E-state index is -0.394. The van der Waals surface area contributed by atoms with Crippen molar-refractivity contribution >= 4 is 0 Å². The van der Waals surface area contributed by atoms with Crippen LogP contribution in [0.1, 0.15) is 20.3 Å². The van der Waals surface area contributed by atoms with Crippen molar-refractivity contribution < 1.29 is 0 Å². The van der Waals surface area contributed by atoms with E-state index in [1.165, 1.54) is 10.8 Å². The van der Waals surface area contributed by atoms with Gasteiger partial charge in [0, 0.05) is 18.9 Å². The molecule has 4 heteroatoms. The minimum Gasteiger partial charge on any atom is -0.299 e. The third-order valence-electron chi connectivity index (χ3n) is 2.06. The van der Waals surface area contributed by atoms with Crippen molar-refractivity contribution in [3.63, 3.8) is 0 Å². The first-order chi connectivity index (χ1) is 6.55. The number of nitrogens with zero attached hydrogens (tertiary/aromatic N) is 3. The van der Waals surface area contributed by atoms with Gasteiger partial charge in [0.2, 0.25) is 0 Å². The van der Waals surface area contributed by atoms with E-state index in [9.17, 15) is 4.79 Å². The quantitative estimate of drug-likeness (QED) is 0.720. The third-order valence-corrected chi connectivity index (χ3v) is 2.06. The lowest BCUT2D eigenvalue weighted by atomic mass is 9.91. The molecule has 74 valence electrons. The average Bonchev–Trinajstić information content (AvgIpc) is 2.17. The van der Waals surface area contributed by atoms with Gasteiger partial charge in [-0.25, -0.2) is 9.78 Å². The molecule has 14 heavy (non-hydrogen) atoms. The van der Waals surface area contributed by atoms with Crippen molar-refractivity contribution in [1.82, 2.24) is 9.55 Å². The Balaban J connectivity index is 2.69. The number of rotatable bonds is 3. The van der Waals surface area contributed by atoms with Crippen molar-refractivity contribution in [3.8, 4) is 6.07 Å². The summed E-state index contributed by atoms with van der Waals surface area (Å²) in [5.74, 6) is 0. The van der Waals surface area contributed by atoms with Gasteiger partial charge >= 0.3 is 5.69 Å². The Labute approximate surface area is 82.8 Å². The summed E-state index contributed by atoms with van der Waals surface area (Å²) in [4.78, 5) is 14.8. The molecule has 0 aliphatic rings. The molecule has 1 rings (SSSR count). The molecule has 0 spiro atoms. The van der Waals surface area contributed by atoms with Crippen LogP contribution in [0, 0.1) is 16.7 Å². The molecule has 0 amide bonds. The summed E-state index contributed by atoms with van der Waals surface area (Å²) in [6, 6.07) is 3.90. The lowest BCUT2D eigenvalue weighted by Gasteiger charge is -2.14. The number of aromatic nitrogens is 2. The predicted molar refractivity (Wildman–Crippen MR) is 52.5 cm³/mol. The second-order valence-corrected chi connectivity index (χ2v) is 3.84. The van der Waals surface area contributed by atoms with Gasteiger partial charge in [-0.2, -0.15) is 5.26 Å². The fourth-order valence-corrected chi connectivity index (χ4v) is 1.01. The lowest BCUT2D eigenvalue weighted by molar-refractivity contribution is 0.407. The molecule has 0 saturated heterocycles. The number of hydrogen-bond donors (Lipinski definition) is 0. The molecular formula is C10H13N3O. The van der Waals surface area contributed by atoms with E-state index in [4.69, 9.17) is 5.26 Å². The van der Waals surface area contributed by atoms with Gasteiger partial charge in [-0.3, -0.25) is 4.57 Å². The molecule has 0 aliphatic heterocycles. The van der Waals surface area contributed by atoms with Crippen molar-refractivity contribution in [1.29, 1.82) is 5.26 Å². The van der Waals surface area contributed by atoms with Crippen LogP contribution >= 0.6 is 0 Å². The molecule has 0 saturated carbocycles. The number of aryl methyl sites for hydroxylation is 1. The molecule has 1 heterocycles. The smallest absolute Gasteiger partial charge is 0.299 e. The van der Waals surface area contributed by atoms with E-state index in [-0.39, 0.29) is 5.69 Å². The van der Waals surface area contributed by atoms with Crippen molar-refractivity contribution in [2.75, 3.05) is 0 Å². The highest BCUT2D eigenvalue weighted by atomic mass is 16.1. The molecule has 0 radical (unpaired) electrons. The molecule has 4 nitrogen and oxygen atoms in total. The topological polar surface area (TPSA) is 58.7 Å². The van der Waals surface area contributed by atoms with E-state index in [1.54, 1.807) is 12.3 Å². The fourth-order valence-electron chi connectivity index (χ4n) is 1.01. The van der Waals surface area contributed by atoms with Crippen LogP contribution in [0.2, 0.25) is 0 Å². The first kappa shape index (κ1) is 10.5. The zero-order chi connectivity index (χ0) is 10.6. The van der Waals surface area contributed by atoms with Gasteiger partial charge in [0.25, 0.3) is 0 Å².